The van der Waals surface area contributed by atoms with Crippen molar-refractivity contribution < 1.29 is 14.3 Å². The molecule has 0 amide bonds. The first-order valence-electron chi connectivity index (χ1n) is 5.71. The van der Waals surface area contributed by atoms with Crippen LogP contribution in [0.3, 0.4) is 0 Å². The fourth-order valence-corrected chi connectivity index (χ4v) is 2.21. The fraction of sp³-hybridized carbons (Fsp3) is 0.538. The smallest absolute Gasteiger partial charge is 0.125 e. The minimum atomic E-state index is -0.197. The minimum Gasteiger partial charge on any atom is -0.497 e. The number of hydrogen-bond donors (Lipinski definition) is 1. The summed E-state index contributed by atoms with van der Waals surface area (Å²) in [5, 5.41) is 0. The number of hydroxylamine groups is 1. The molecule has 4 nitrogen and oxygen atoms in total. The third-order valence-corrected chi connectivity index (χ3v) is 2.93. The Hall–Kier alpha value is -1.26. The number of ether oxygens (including phenoxy) is 2. The highest BCUT2D eigenvalue weighted by Gasteiger charge is 2.34. The molecule has 2 rings (SSSR count). The van der Waals surface area contributed by atoms with Gasteiger partial charge < -0.3 is 14.3 Å². The number of rotatable bonds is 3. The topological polar surface area (TPSA) is 39.7 Å². The summed E-state index contributed by atoms with van der Waals surface area (Å²) in [4.78, 5) is 5.06. The number of nitrogens with one attached hydrogen (secondary N) is 1. The van der Waals surface area contributed by atoms with E-state index in [1.165, 1.54) is 0 Å². The molecule has 17 heavy (non-hydrogen) atoms. The second kappa shape index (κ2) is 4.55. The van der Waals surface area contributed by atoms with Crippen molar-refractivity contribution >= 4 is 0 Å². The van der Waals surface area contributed by atoms with Crippen LogP contribution < -0.4 is 15.0 Å². The molecule has 1 N–H and O–H groups in total. The average Bonchev–Trinajstić information content (AvgIpc) is 2.27. The highest BCUT2D eigenvalue weighted by molar-refractivity contribution is 5.44. The number of methoxy groups -OCH3 is 1. The van der Waals surface area contributed by atoms with Crippen LogP contribution in [0.1, 0.15) is 31.9 Å². The molecular formula is C13H19NO3. The van der Waals surface area contributed by atoms with E-state index < -0.39 is 0 Å². The van der Waals surface area contributed by atoms with Gasteiger partial charge in [0.05, 0.1) is 20.3 Å². The molecule has 0 aromatic heterocycles. The molecule has 1 aromatic rings. The van der Waals surface area contributed by atoms with Crippen LogP contribution >= 0.6 is 0 Å². The van der Waals surface area contributed by atoms with Crippen LogP contribution in [-0.4, -0.2) is 19.8 Å². The van der Waals surface area contributed by atoms with E-state index in [1.54, 1.807) is 14.2 Å². The highest BCUT2D eigenvalue weighted by Crippen LogP contribution is 2.40. The third kappa shape index (κ3) is 2.53. The Morgan fingerprint density at radius 2 is 2.12 bits per heavy atom. The number of fused-ring (bicyclic) bond motifs is 1. The predicted octanol–water partition coefficient (Wildman–Crippen LogP) is 2.45. The molecule has 0 aliphatic carbocycles. The molecule has 0 radical (unpaired) electrons. The van der Waals surface area contributed by atoms with Gasteiger partial charge in [-0.1, -0.05) is 0 Å². The quantitative estimate of drug-likeness (QED) is 0.820. The van der Waals surface area contributed by atoms with Crippen molar-refractivity contribution in [3.8, 4) is 11.5 Å². The summed E-state index contributed by atoms with van der Waals surface area (Å²) < 4.78 is 11.2. The Bertz CT molecular complexity index is 404. The Morgan fingerprint density at radius 1 is 1.35 bits per heavy atom. The lowest BCUT2D eigenvalue weighted by molar-refractivity contribution is 0.00287. The van der Waals surface area contributed by atoms with Gasteiger partial charge in [-0.3, -0.25) is 0 Å². The molecule has 0 bridgehead atoms. The summed E-state index contributed by atoms with van der Waals surface area (Å²) in [5.41, 5.74) is 3.89. The maximum absolute atomic E-state index is 5.94. The lowest BCUT2D eigenvalue weighted by Gasteiger charge is -2.37. The van der Waals surface area contributed by atoms with Crippen LogP contribution in [0.25, 0.3) is 0 Å². The molecule has 1 atom stereocenters. The second-order valence-electron chi connectivity index (χ2n) is 4.84. The molecular weight excluding hydrogens is 218 g/mol. The maximum Gasteiger partial charge on any atom is 0.125 e. The predicted molar refractivity (Wildman–Crippen MR) is 65.2 cm³/mol. The van der Waals surface area contributed by atoms with Crippen molar-refractivity contribution in [2.24, 2.45) is 0 Å². The van der Waals surface area contributed by atoms with E-state index >= 15 is 0 Å². The first kappa shape index (κ1) is 12.2. The molecule has 1 aromatic carbocycles. The maximum atomic E-state index is 5.94. The molecule has 0 saturated heterocycles. The molecule has 1 unspecified atom stereocenters. The van der Waals surface area contributed by atoms with Gasteiger partial charge in [0.25, 0.3) is 0 Å². The molecule has 0 fully saturated rings. The van der Waals surface area contributed by atoms with Crippen molar-refractivity contribution in [3.05, 3.63) is 23.8 Å². The normalized spacial score (nSPS) is 21.5. The largest absolute Gasteiger partial charge is 0.497 e. The standard InChI is InChI=1S/C13H19NO3/c1-13(2)8-11(14-16-4)10-7-9(15-3)5-6-12(10)17-13/h5-7,11,14H,8H2,1-4H3. The van der Waals surface area contributed by atoms with Crippen LogP contribution in [0, 0.1) is 0 Å². The third-order valence-electron chi connectivity index (χ3n) is 2.93. The second-order valence-corrected chi connectivity index (χ2v) is 4.84. The van der Waals surface area contributed by atoms with Crippen molar-refractivity contribution in [2.75, 3.05) is 14.2 Å². The van der Waals surface area contributed by atoms with E-state index in [0.29, 0.717) is 0 Å². The van der Waals surface area contributed by atoms with Crippen LogP contribution in [0.2, 0.25) is 0 Å². The van der Waals surface area contributed by atoms with Crippen molar-refractivity contribution in [2.45, 2.75) is 31.9 Å². The number of hydrogen-bond acceptors (Lipinski definition) is 4. The zero-order valence-electron chi connectivity index (χ0n) is 10.7. The van der Waals surface area contributed by atoms with Gasteiger partial charge in [0.15, 0.2) is 0 Å². The molecule has 1 aliphatic heterocycles. The zero-order valence-corrected chi connectivity index (χ0v) is 10.7. The van der Waals surface area contributed by atoms with E-state index in [1.807, 2.05) is 18.2 Å². The number of benzene rings is 1. The summed E-state index contributed by atoms with van der Waals surface area (Å²) in [7, 11) is 3.29. The van der Waals surface area contributed by atoms with E-state index in [2.05, 4.69) is 19.3 Å². The van der Waals surface area contributed by atoms with Gasteiger partial charge in [0.2, 0.25) is 0 Å². The van der Waals surface area contributed by atoms with Crippen LogP contribution in [0.4, 0.5) is 0 Å². The Balaban J connectivity index is 2.38. The van der Waals surface area contributed by atoms with Gasteiger partial charge in [-0.15, -0.1) is 0 Å². The van der Waals surface area contributed by atoms with Crippen LogP contribution in [-0.2, 0) is 4.84 Å². The summed E-state index contributed by atoms with van der Waals surface area (Å²) in [6.45, 7) is 4.15. The van der Waals surface area contributed by atoms with Gasteiger partial charge in [0.1, 0.15) is 17.1 Å². The lowest BCUT2D eigenvalue weighted by Crippen LogP contribution is -2.39. The van der Waals surface area contributed by atoms with Gasteiger partial charge in [-0.05, 0) is 32.0 Å². The summed E-state index contributed by atoms with van der Waals surface area (Å²) >= 11 is 0. The van der Waals surface area contributed by atoms with E-state index in [-0.39, 0.29) is 11.6 Å². The van der Waals surface area contributed by atoms with Crippen molar-refractivity contribution in [3.63, 3.8) is 0 Å². The SMILES string of the molecule is CONC1CC(C)(C)Oc2ccc(OC)cc21. The van der Waals surface area contributed by atoms with E-state index in [9.17, 15) is 0 Å². The van der Waals surface area contributed by atoms with Crippen LogP contribution in [0.5, 0.6) is 11.5 Å². The van der Waals surface area contributed by atoms with Gasteiger partial charge >= 0.3 is 0 Å². The lowest BCUT2D eigenvalue weighted by atomic mass is 9.90. The Labute approximate surface area is 102 Å². The monoisotopic (exact) mass is 237 g/mol. The molecule has 1 aliphatic rings. The van der Waals surface area contributed by atoms with Crippen LogP contribution in [0.15, 0.2) is 18.2 Å². The first-order chi connectivity index (χ1) is 8.05. The average molecular weight is 237 g/mol. The van der Waals surface area contributed by atoms with E-state index in [0.717, 1.165) is 23.5 Å². The Kier molecular flexibility index (Phi) is 3.26. The first-order valence-corrected chi connectivity index (χ1v) is 5.71. The van der Waals surface area contributed by atoms with Crippen molar-refractivity contribution in [1.82, 2.24) is 5.48 Å². The zero-order chi connectivity index (χ0) is 12.5. The molecule has 1 heterocycles. The minimum absolute atomic E-state index is 0.119. The summed E-state index contributed by atoms with van der Waals surface area (Å²) in [6.07, 6.45) is 0.848. The Morgan fingerprint density at radius 3 is 2.76 bits per heavy atom. The summed E-state index contributed by atoms with van der Waals surface area (Å²) in [6, 6.07) is 5.96. The van der Waals surface area contributed by atoms with Gasteiger partial charge in [-0.2, -0.15) is 5.48 Å². The molecule has 0 spiro atoms. The highest BCUT2D eigenvalue weighted by atomic mass is 16.6. The molecule has 4 heteroatoms. The van der Waals surface area contributed by atoms with Gasteiger partial charge in [-0.25, -0.2) is 0 Å². The van der Waals surface area contributed by atoms with Crippen molar-refractivity contribution in [1.29, 1.82) is 0 Å². The molecule has 94 valence electrons. The summed E-state index contributed by atoms with van der Waals surface area (Å²) in [5.74, 6) is 1.71. The molecule has 0 saturated carbocycles. The fourth-order valence-electron chi connectivity index (χ4n) is 2.21. The van der Waals surface area contributed by atoms with E-state index in [4.69, 9.17) is 14.3 Å². The van der Waals surface area contributed by atoms with Gasteiger partial charge in [0, 0.05) is 12.0 Å².